The number of aromatic nitrogens is 3. The summed E-state index contributed by atoms with van der Waals surface area (Å²) in [6.07, 6.45) is 7.19. The van der Waals surface area contributed by atoms with Crippen molar-refractivity contribution in [2.45, 2.75) is 31.3 Å². The van der Waals surface area contributed by atoms with Crippen LogP contribution >= 0.6 is 11.6 Å². The van der Waals surface area contributed by atoms with Crippen LogP contribution in [0.3, 0.4) is 0 Å². The summed E-state index contributed by atoms with van der Waals surface area (Å²) in [6.45, 7) is 0. The topological polar surface area (TPSA) is 63.0 Å². The molecule has 0 bridgehead atoms. The van der Waals surface area contributed by atoms with Gasteiger partial charge < -0.3 is 15.0 Å². The van der Waals surface area contributed by atoms with Gasteiger partial charge in [0.1, 0.15) is 5.60 Å². The van der Waals surface area contributed by atoms with E-state index in [2.05, 4.69) is 27.1 Å². The molecular weight excluding hydrogens is 360 g/mol. The van der Waals surface area contributed by atoms with Crippen molar-refractivity contribution in [3.8, 4) is 23.1 Å². The summed E-state index contributed by atoms with van der Waals surface area (Å²) < 4.78 is 2.05. The monoisotopic (exact) mass is 380 g/mol. The number of aryl methyl sites for hydroxylation is 1. The standard InChI is InChI=1S/C21H21ClN4O/c1-23-20-24-12-17(22)19(25-20)16-13-26(2)18-6-5-14(11-15(16)18)7-10-21(27)8-3-4-9-21/h5-6,11-13,27H,3-4,8-9H2,1-2H3,(H,23,24,25). The minimum atomic E-state index is -0.841. The van der Waals surface area contributed by atoms with Gasteiger partial charge in [0.25, 0.3) is 0 Å². The zero-order chi connectivity index (χ0) is 19.0. The number of nitrogens with zero attached hydrogens (tertiary/aromatic N) is 3. The summed E-state index contributed by atoms with van der Waals surface area (Å²) in [5.74, 6) is 6.75. The number of halogens is 1. The number of hydrogen-bond donors (Lipinski definition) is 2. The van der Waals surface area contributed by atoms with E-state index in [0.717, 1.165) is 47.7 Å². The Balaban J connectivity index is 1.82. The van der Waals surface area contributed by atoms with Gasteiger partial charge in [-0.3, -0.25) is 0 Å². The van der Waals surface area contributed by atoms with E-state index in [1.54, 1.807) is 13.2 Å². The lowest BCUT2D eigenvalue weighted by molar-refractivity contribution is 0.110. The lowest BCUT2D eigenvalue weighted by Gasteiger charge is -2.12. The molecule has 5 nitrogen and oxygen atoms in total. The van der Waals surface area contributed by atoms with Crippen LogP contribution in [0.1, 0.15) is 31.2 Å². The Labute approximate surface area is 163 Å². The summed E-state index contributed by atoms with van der Waals surface area (Å²) in [6, 6.07) is 6.06. The molecule has 2 aromatic heterocycles. The number of anilines is 1. The first-order chi connectivity index (χ1) is 13.0. The molecule has 0 amide bonds. The molecule has 1 fully saturated rings. The Morgan fingerprint density at radius 3 is 2.81 bits per heavy atom. The average Bonchev–Trinajstić information content (AvgIpc) is 3.25. The third-order valence-electron chi connectivity index (χ3n) is 5.08. The molecule has 1 saturated carbocycles. The van der Waals surface area contributed by atoms with Gasteiger partial charge in [0.2, 0.25) is 5.95 Å². The first kappa shape index (κ1) is 17.8. The number of hydrogen-bond acceptors (Lipinski definition) is 4. The highest BCUT2D eigenvalue weighted by Crippen LogP contribution is 2.34. The third-order valence-corrected chi connectivity index (χ3v) is 5.36. The predicted octanol–water partition coefficient (Wildman–Crippen LogP) is 3.99. The fraction of sp³-hybridized carbons (Fsp3) is 0.333. The van der Waals surface area contributed by atoms with E-state index < -0.39 is 5.60 Å². The molecule has 1 aliphatic carbocycles. The lowest BCUT2D eigenvalue weighted by Crippen LogP contribution is -2.20. The second-order valence-electron chi connectivity index (χ2n) is 7.01. The summed E-state index contributed by atoms with van der Waals surface area (Å²) in [5.41, 5.74) is 2.71. The van der Waals surface area contributed by atoms with Gasteiger partial charge in [-0.25, -0.2) is 9.97 Å². The highest BCUT2D eigenvalue weighted by Gasteiger charge is 2.28. The molecule has 2 heterocycles. The maximum atomic E-state index is 10.5. The first-order valence-electron chi connectivity index (χ1n) is 9.04. The van der Waals surface area contributed by atoms with Crippen molar-refractivity contribution < 1.29 is 5.11 Å². The molecule has 3 aromatic rings. The van der Waals surface area contributed by atoms with Crippen LogP contribution < -0.4 is 5.32 Å². The number of rotatable bonds is 2. The van der Waals surface area contributed by atoms with Gasteiger partial charge in [-0.2, -0.15) is 0 Å². The highest BCUT2D eigenvalue weighted by atomic mass is 35.5. The van der Waals surface area contributed by atoms with Gasteiger partial charge in [-0.15, -0.1) is 0 Å². The minimum Gasteiger partial charge on any atom is -0.378 e. The van der Waals surface area contributed by atoms with Gasteiger partial charge in [-0.05, 0) is 43.9 Å². The average molecular weight is 381 g/mol. The quantitative estimate of drug-likeness (QED) is 0.660. The van der Waals surface area contributed by atoms with E-state index >= 15 is 0 Å². The van der Waals surface area contributed by atoms with Crippen molar-refractivity contribution in [1.29, 1.82) is 0 Å². The SMILES string of the molecule is CNc1ncc(Cl)c(-c2cn(C)c3ccc(C#CC4(O)CCCC4)cc23)n1. The van der Waals surface area contributed by atoms with Crippen LogP contribution in [0, 0.1) is 11.8 Å². The molecule has 0 aliphatic heterocycles. The van der Waals surface area contributed by atoms with E-state index in [0.29, 0.717) is 16.7 Å². The summed E-state index contributed by atoms with van der Waals surface area (Å²) in [4.78, 5) is 8.69. The van der Waals surface area contributed by atoms with E-state index in [1.165, 1.54) is 0 Å². The Kier molecular flexibility index (Phi) is 4.55. The molecule has 1 aliphatic rings. The van der Waals surface area contributed by atoms with Crippen molar-refractivity contribution in [2.75, 3.05) is 12.4 Å². The highest BCUT2D eigenvalue weighted by molar-refractivity contribution is 6.33. The van der Waals surface area contributed by atoms with Gasteiger partial charge in [-0.1, -0.05) is 23.4 Å². The molecule has 0 saturated heterocycles. The second-order valence-corrected chi connectivity index (χ2v) is 7.42. The molecule has 0 radical (unpaired) electrons. The number of fused-ring (bicyclic) bond motifs is 1. The van der Waals surface area contributed by atoms with E-state index in [9.17, 15) is 5.11 Å². The molecule has 0 spiro atoms. The van der Waals surface area contributed by atoms with Gasteiger partial charge in [0, 0.05) is 42.3 Å². The Hall–Kier alpha value is -2.55. The van der Waals surface area contributed by atoms with Crippen molar-refractivity contribution in [3.63, 3.8) is 0 Å². The second kappa shape index (κ2) is 6.88. The van der Waals surface area contributed by atoms with E-state index in [4.69, 9.17) is 11.6 Å². The molecule has 6 heteroatoms. The normalized spacial score (nSPS) is 15.6. The van der Waals surface area contributed by atoms with Crippen LogP contribution in [-0.4, -0.2) is 32.3 Å². The van der Waals surface area contributed by atoms with Crippen LogP contribution in [0.25, 0.3) is 22.2 Å². The largest absolute Gasteiger partial charge is 0.378 e. The van der Waals surface area contributed by atoms with Gasteiger partial charge >= 0.3 is 0 Å². The van der Waals surface area contributed by atoms with Gasteiger partial charge in [0.15, 0.2) is 0 Å². The third kappa shape index (κ3) is 3.39. The smallest absolute Gasteiger partial charge is 0.223 e. The summed E-state index contributed by atoms with van der Waals surface area (Å²) in [5, 5.41) is 14.9. The Morgan fingerprint density at radius 2 is 2.07 bits per heavy atom. The van der Waals surface area contributed by atoms with Crippen molar-refractivity contribution in [1.82, 2.24) is 14.5 Å². The number of nitrogens with one attached hydrogen (secondary N) is 1. The fourth-order valence-corrected chi connectivity index (χ4v) is 3.80. The minimum absolute atomic E-state index is 0.498. The first-order valence-corrected chi connectivity index (χ1v) is 9.42. The van der Waals surface area contributed by atoms with Crippen LogP contribution in [0.2, 0.25) is 5.02 Å². The summed E-state index contributed by atoms with van der Waals surface area (Å²) in [7, 11) is 3.77. The Bertz CT molecular complexity index is 1070. The van der Waals surface area contributed by atoms with Crippen LogP contribution in [-0.2, 0) is 7.05 Å². The van der Waals surface area contributed by atoms with Crippen molar-refractivity contribution in [3.05, 3.63) is 41.2 Å². The Morgan fingerprint density at radius 1 is 1.30 bits per heavy atom. The van der Waals surface area contributed by atoms with E-state index in [1.807, 2.05) is 36.0 Å². The van der Waals surface area contributed by atoms with Crippen molar-refractivity contribution in [2.24, 2.45) is 7.05 Å². The maximum Gasteiger partial charge on any atom is 0.223 e. The predicted molar refractivity (Wildman–Crippen MR) is 109 cm³/mol. The lowest BCUT2D eigenvalue weighted by atomic mass is 10.0. The zero-order valence-electron chi connectivity index (χ0n) is 15.4. The maximum absolute atomic E-state index is 10.5. The fourth-order valence-electron chi connectivity index (χ4n) is 3.61. The van der Waals surface area contributed by atoms with Gasteiger partial charge in [0.05, 0.1) is 16.9 Å². The molecule has 1 aromatic carbocycles. The molecule has 0 atom stereocenters. The number of benzene rings is 1. The molecule has 138 valence electrons. The molecule has 27 heavy (non-hydrogen) atoms. The number of aliphatic hydroxyl groups is 1. The molecule has 2 N–H and O–H groups in total. The summed E-state index contributed by atoms with van der Waals surface area (Å²) >= 11 is 6.38. The van der Waals surface area contributed by atoms with Crippen LogP contribution in [0.15, 0.2) is 30.6 Å². The molecular formula is C21H21ClN4O. The molecule has 0 unspecified atom stereocenters. The van der Waals surface area contributed by atoms with Crippen molar-refractivity contribution >= 4 is 28.5 Å². The molecule has 4 rings (SSSR count). The van der Waals surface area contributed by atoms with Crippen LogP contribution in [0.5, 0.6) is 0 Å². The van der Waals surface area contributed by atoms with Crippen LogP contribution in [0.4, 0.5) is 5.95 Å². The zero-order valence-corrected chi connectivity index (χ0v) is 16.1. The van der Waals surface area contributed by atoms with E-state index in [-0.39, 0.29) is 0 Å².